The Morgan fingerprint density at radius 2 is 2.30 bits per heavy atom. The number of nitrogens with zero attached hydrogens (tertiary/aromatic N) is 1. The van der Waals surface area contributed by atoms with Gasteiger partial charge in [-0.3, -0.25) is 0 Å². The first-order valence-electron chi connectivity index (χ1n) is 3.13. The lowest BCUT2D eigenvalue weighted by atomic mass is 10.3. The van der Waals surface area contributed by atoms with E-state index in [0.29, 0.717) is 6.42 Å². The molecule has 0 aliphatic carbocycles. The Hall–Kier alpha value is -1.29. The molecule has 0 heterocycles. The lowest BCUT2D eigenvalue weighted by Crippen LogP contribution is -1.59. The first-order valence-corrected chi connectivity index (χ1v) is 3.13. The van der Waals surface area contributed by atoms with Gasteiger partial charge in [-0.2, -0.15) is 5.26 Å². The van der Waals surface area contributed by atoms with E-state index < -0.39 is 0 Å². The van der Waals surface area contributed by atoms with Gasteiger partial charge in [0.25, 0.3) is 0 Å². The van der Waals surface area contributed by atoms with E-state index in [1.165, 1.54) is 0 Å². The van der Waals surface area contributed by atoms with Crippen molar-refractivity contribution in [3.05, 3.63) is 36.5 Å². The van der Waals surface area contributed by atoms with Crippen molar-refractivity contribution in [1.82, 2.24) is 0 Å². The normalized spacial score (nSPS) is 10.4. The quantitative estimate of drug-likeness (QED) is 0.543. The summed E-state index contributed by atoms with van der Waals surface area (Å²) in [5.74, 6) is 0. The summed E-state index contributed by atoms with van der Waals surface area (Å²) in [5, 5.41) is 8.13. The van der Waals surface area contributed by atoms with Crippen molar-refractivity contribution >= 4 is 0 Å². The molecule has 0 rings (SSSR count). The van der Waals surface area contributed by atoms with Crippen LogP contribution in [-0.4, -0.2) is 0 Å². The molecule has 0 bridgehead atoms. The van der Waals surface area contributed by atoms with Crippen molar-refractivity contribution in [3.8, 4) is 6.07 Å². The number of rotatable bonds is 3. The molecular formula is C9H11N. The van der Waals surface area contributed by atoms with Crippen LogP contribution in [-0.2, 0) is 0 Å². The predicted molar refractivity (Wildman–Crippen MR) is 43.3 cm³/mol. The zero-order valence-electron chi connectivity index (χ0n) is 6.17. The number of nitriles is 1. The molecule has 1 nitrogen and oxygen atoms in total. The minimum atomic E-state index is 0.473. The van der Waals surface area contributed by atoms with Crippen LogP contribution in [0.25, 0.3) is 0 Å². The Morgan fingerprint density at radius 3 is 2.80 bits per heavy atom. The first kappa shape index (κ1) is 8.71. The highest BCUT2D eigenvalue weighted by Crippen LogP contribution is 1.89. The minimum Gasteiger partial charge on any atom is -0.198 e. The summed E-state index contributed by atoms with van der Waals surface area (Å²) in [4.78, 5) is 0. The largest absolute Gasteiger partial charge is 0.198 e. The predicted octanol–water partition coefficient (Wildman–Crippen LogP) is 2.59. The van der Waals surface area contributed by atoms with Crippen LogP contribution in [0.2, 0.25) is 0 Å². The molecule has 0 aliphatic heterocycles. The van der Waals surface area contributed by atoms with Crippen molar-refractivity contribution in [1.29, 1.82) is 5.26 Å². The molecule has 0 aromatic rings. The zero-order valence-corrected chi connectivity index (χ0v) is 6.17. The summed E-state index contributed by atoms with van der Waals surface area (Å²) >= 11 is 0. The molecule has 0 atom stereocenters. The van der Waals surface area contributed by atoms with Crippen molar-refractivity contribution in [2.24, 2.45) is 0 Å². The van der Waals surface area contributed by atoms with E-state index in [0.717, 1.165) is 5.57 Å². The van der Waals surface area contributed by atoms with Gasteiger partial charge in [0.1, 0.15) is 0 Å². The maximum absolute atomic E-state index is 8.13. The standard InChI is InChI=1S/C9H11N/c1-9(2)7-5-3-4-6-8-10/h3-5,7H,1,6H2,2H3/b4-3-,7-5-. The van der Waals surface area contributed by atoms with Gasteiger partial charge in [0, 0.05) is 0 Å². The lowest BCUT2D eigenvalue weighted by molar-refractivity contribution is 1.35. The SMILES string of the molecule is C=C(C)/C=C\C=C/CC#N. The van der Waals surface area contributed by atoms with E-state index in [-0.39, 0.29) is 0 Å². The fourth-order valence-corrected chi connectivity index (χ4v) is 0.419. The van der Waals surface area contributed by atoms with Gasteiger partial charge in [0.15, 0.2) is 0 Å². The third kappa shape index (κ3) is 6.71. The molecule has 0 aromatic carbocycles. The molecular weight excluding hydrogens is 122 g/mol. The van der Waals surface area contributed by atoms with E-state index in [4.69, 9.17) is 5.26 Å². The highest BCUT2D eigenvalue weighted by Gasteiger charge is 1.70. The average molecular weight is 133 g/mol. The van der Waals surface area contributed by atoms with Crippen molar-refractivity contribution in [2.45, 2.75) is 13.3 Å². The van der Waals surface area contributed by atoms with Gasteiger partial charge in [-0.15, -0.1) is 0 Å². The molecule has 0 spiro atoms. The highest BCUT2D eigenvalue weighted by molar-refractivity contribution is 5.17. The van der Waals surface area contributed by atoms with Crippen molar-refractivity contribution in [2.75, 3.05) is 0 Å². The average Bonchev–Trinajstić information content (AvgIpc) is 1.87. The van der Waals surface area contributed by atoms with Gasteiger partial charge < -0.3 is 0 Å². The number of allylic oxidation sites excluding steroid dienone is 5. The second kappa shape index (κ2) is 5.84. The van der Waals surface area contributed by atoms with Crippen LogP contribution in [0, 0.1) is 11.3 Å². The Labute approximate surface area is 62.0 Å². The van der Waals surface area contributed by atoms with Crippen molar-refractivity contribution in [3.63, 3.8) is 0 Å². The van der Waals surface area contributed by atoms with Gasteiger partial charge in [0.2, 0.25) is 0 Å². The fraction of sp³-hybridized carbons (Fsp3) is 0.222. The Bertz CT molecular complexity index is 191. The van der Waals surface area contributed by atoms with E-state index in [9.17, 15) is 0 Å². The third-order valence-corrected chi connectivity index (χ3v) is 0.837. The molecule has 52 valence electrons. The maximum Gasteiger partial charge on any atom is 0.0663 e. The lowest BCUT2D eigenvalue weighted by Gasteiger charge is -1.79. The second-order valence-corrected chi connectivity index (χ2v) is 2.00. The molecule has 10 heavy (non-hydrogen) atoms. The Morgan fingerprint density at radius 1 is 1.60 bits per heavy atom. The Balaban J connectivity index is 3.54. The van der Waals surface area contributed by atoms with Crippen LogP contribution in [0.4, 0.5) is 0 Å². The molecule has 0 fully saturated rings. The summed E-state index contributed by atoms with van der Waals surface area (Å²) in [7, 11) is 0. The summed E-state index contributed by atoms with van der Waals surface area (Å²) < 4.78 is 0. The smallest absolute Gasteiger partial charge is 0.0663 e. The van der Waals surface area contributed by atoms with Crippen LogP contribution >= 0.6 is 0 Å². The molecule has 1 heteroatoms. The highest BCUT2D eigenvalue weighted by atomic mass is 14.2. The van der Waals surface area contributed by atoms with E-state index in [1.807, 2.05) is 31.2 Å². The molecule has 0 aromatic heterocycles. The number of hydrogen-bond donors (Lipinski definition) is 0. The summed E-state index contributed by atoms with van der Waals surface area (Å²) in [5.41, 5.74) is 1.02. The molecule has 0 N–H and O–H groups in total. The van der Waals surface area contributed by atoms with E-state index >= 15 is 0 Å². The second-order valence-electron chi connectivity index (χ2n) is 2.00. The van der Waals surface area contributed by atoms with Crippen LogP contribution in [0.15, 0.2) is 36.5 Å². The number of hydrogen-bond acceptors (Lipinski definition) is 1. The summed E-state index contributed by atoms with van der Waals surface area (Å²) in [6, 6.07) is 2.01. The van der Waals surface area contributed by atoms with Crippen LogP contribution in [0.1, 0.15) is 13.3 Å². The summed E-state index contributed by atoms with van der Waals surface area (Å²) in [6.45, 7) is 5.61. The van der Waals surface area contributed by atoms with Crippen LogP contribution in [0.3, 0.4) is 0 Å². The van der Waals surface area contributed by atoms with Gasteiger partial charge in [0.05, 0.1) is 12.5 Å². The van der Waals surface area contributed by atoms with Crippen LogP contribution in [0.5, 0.6) is 0 Å². The molecule has 0 aliphatic rings. The van der Waals surface area contributed by atoms with Gasteiger partial charge in [-0.1, -0.05) is 36.5 Å². The fourth-order valence-electron chi connectivity index (χ4n) is 0.419. The molecule has 0 saturated carbocycles. The topological polar surface area (TPSA) is 23.8 Å². The molecule has 0 unspecified atom stereocenters. The molecule has 0 radical (unpaired) electrons. The molecule has 0 saturated heterocycles. The maximum atomic E-state index is 8.13. The summed E-state index contributed by atoms with van der Waals surface area (Å²) in [6.07, 6.45) is 7.89. The monoisotopic (exact) mass is 133 g/mol. The van der Waals surface area contributed by atoms with E-state index in [1.54, 1.807) is 6.08 Å². The van der Waals surface area contributed by atoms with Crippen LogP contribution < -0.4 is 0 Å². The van der Waals surface area contributed by atoms with E-state index in [2.05, 4.69) is 6.58 Å². The minimum absolute atomic E-state index is 0.473. The first-order chi connectivity index (χ1) is 4.77. The van der Waals surface area contributed by atoms with Gasteiger partial charge in [-0.25, -0.2) is 0 Å². The van der Waals surface area contributed by atoms with Gasteiger partial charge >= 0.3 is 0 Å². The third-order valence-electron chi connectivity index (χ3n) is 0.837. The van der Waals surface area contributed by atoms with Crippen molar-refractivity contribution < 1.29 is 0 Å². The molecule has 0 amide bonds. The zero-order chi connectivity index (χ0) is 7.82. The Kier molecular flexibility index (Phi) is 5.09. The van der Waals surface area contributed by atoms with Gasteiger partial charge in [-0.05, 0) is 6.92 Å².